The van der Waals surface area contributed by atoms with Crippen molar-refractivity contribution in [2.45, 2.75) is 83.3 Å². The highest BCUT2D eigenvalue weighted by molar-refractivity contribution is 6.05. The lowest BCUT2D eigenvalue weighted by Gasteiger charge is -2.32. The van der Waals surface area contributed by atoms with E-state index in [0.29, 0.717) is 41.7 Å². The SMILES string of the molecule is CC(=O)c1nn(CC(=O)N2[C@@H]3C[C@@H]3C[C@H]2C(=O)C[C@@H]2CCC[C@H](C(F)(F)F)C2)c2ccc(OCc3ncccn3)cc12. The molecule has 3 aliphatic rings. The fourth-order valence-corrected chi connectivity index (χ4v) is 6.69. The largest absolute Gasteiger partial charge is 0.486 e. The molecular formula is C30H32F3N5O4. The van der Waals surface area contributed by atoms with Crippen LogP contribution in [0.15, 0.2) is 36.7 Å². The van der Waals surface area contributed by atoms with Gasteiger partial charge in [0.2, 0.25) is 5.91 Å². The smallest absolute Gasteiger partial charge is 0.391 e. The molecule has 5 atom stereocenters. The standard InChI is InChI=1S/C30H32F3N5O4/c1-17(39)29-22-14-21(42-16-27-34-8-3-9-35-27)6-7-23(22)37(36-29)15-28(41)38-24-12-19(24)13-25(38)26(40)11-18-4-2-5-20(10-18)30(31,32)33/h3,6-9,14,18-20,24-25H,2,4-5,10-13,15-16H2,1H3/t18-,19-,20+,24-,25+/m1/s1. The van der Waals surface area contributed by atoms with Crippen LogP contribution in [0, 0.1) is 17.8 Å². The number of rotatable bonds is 9. The zero-order valence-electron chi connectivity index (χ0n) is 23.2. The molecule has 1 saturated heterocycles. The predicted octanol–water partition coefficient (Wildman–Crippen LogP) is 4.93. The van der Waals surface area contributed by atoms with E-state index in [4.69, 9.17) is 4.74 Å². The molecular weight excluding hydrogens is 551 g/mol. The number of hydrogen-bond donors (Lipinski definition) is 0. The summed E-state index contributed by atoms with van der Waals surface area (Å²) in [5.74, 6) is -1.14. The number of alkyl halides is 3. The lowest BCUT2D eigenvalue weighted by atomic mass is 9.78. The van der Waals surface area contributed by atoms with E-state index in [1.54, 1.807) is 41.6 Å². The van der Waals surface area contributed by atoms with Crippen LogP contribution in [-0.2, 0) is 22.7 Å². The fraction of sp³-hybridized carbons (Fsp3) is 0.533. The minimum atomic E-state index is -4.24. The quantitative estimate of drug-likeness (QED) is 0.329. The van der Waals surface area contributed by atoms with Crippen LogP contribution in [0.25, 0.3) is 10.9 Å². The first kappa shape index (κ1) is 28.3. The third kappa shape index (κ3) is 5.76. The molecule has 0 N–H and O–H groups in total. The molecule has 222 valence electrons. The molecule has 2 aliphatic carbocycles. The van der Waals surface area contributed by atoms with Crippen LogP contribution in [0.1, 0.15) is 68.2 Å². The third-order valence-electron chi connectivity index (χ3n) is 8.83. The van der Waals surface area contributed by atoms with E-state index in [1.165, 1.54) is 11.6 Å². The maximum absolute atomic E-state index is 13.6. The Morgan fingerprint density at radius 1 is 1.07 bits per heavy atom. The van der Waals surface area contributed by atoms with E-state index >= 15 is 0 Å². The van der Waals surface area contributed by atoms with Gasteiger partial charge < -0.3 is 9.64 Å². The first-order valence-corrected chi connectivity index (χ1v) is 14.4. The van der Waals surface area contributed by atoms with E-state index in [2.05, 4.69) is 15.1 Å². The highest BCUT2D eigenvalue weighted by Gasteiger charge is 2.56. The maximum Gasteiger partial charge on any atom is 0.391 e. The molecule has 0 unspecified atom stereocenters. The number of carbonyl (C=O) groups excluding carboxylic acids is 3. The van der Waals surface area contributed by atoms with Crippen LogP contribution in [0.5, 0.6) is 5.75 Å². The zero-order valence-corrected chi connectivity index (χ0v) is 23.2. The molecule has 12 heteroatoms. The molecule has 2 aromatic heterocycles. The van der Waals surface area contributed by atoms with Crippen LogP contribution in [-0.4, -0.2) is 60.4 Å². The zero-order chi connectivity index (χ0) is 29.6. The van der Waals surface area contributed by atoms with Crippen molar-refractivity contribution >= 4 is 28.4 Å². The number of aromatic nitrogens is 4. The molecule has 0 spiro atoms. The number of amides is 1. The Labute approximate surface area is 240 Å². The number of Topliss-reactive ketones (excluding diaryl/α,β-unsaturated/α-hetero) is 2. The minimum absolute atomic E-state index is 0.0278. The summed E-state index contributed by atoms with van der Waals surface area (Å²) in [5, 5.41) is 4.98. The normalized spacial score (nSPS) is 25.3. The molecule has 1 amide bonds. The lowest BCUT2D eigenvalue weighted by molar-refractivity contribution is -0.186. The van der Waals surface area contributed by atoms with Gasteiger partial charge in [-0.05, 0) is 68.2 Å². The monoisotopic (exact) mass is 583 g/mol. The van der Waals surface area contributed by atoms with E-state index in [-0.39, 0.29) is 73.5 Å². The molecule has 1 aliphatic heterocycles. The first-order valence-electron chi connectivity index (χ1n) is 14.4. The van der Waals surface area contributed by atoms with Gasteiger partial charge in [0.15, 0.2) is 17.4 Å². The van der Waals surface area contributed by atoms with E-state index in [9.17, 15) is 27.6 Å². The summed E-state index contributed by atoms with van der Waals surface area (Å²) in [6.07, 6.45) is 1.57. The second-order valence-corrected chi connectivity index (χ2v) is 11.8. The second-order valence-electron chi connectivity index (χ2n) is 11.8. The molecule has 6 rings (SSSR count). The summed E-state index contributed by atoms with van der Waals surface area (Å²) >= 11 is 0. The van der Waals surface area contributed by atoms with Gasteiger partial charge in [0, 0.05) is 37.2 Å². The van der Waals surface area contributed by atoms with Gasteiger partial charge in [-0.1, -0.05) is 6.42 Å². The summed E-state index contributed by atoms with van der Waals surface area (Å²) in [5.41, 5.74) is 0.778. The summed E-state index contributed by atoms with van der Waals surface area (Å²) in [4.78, 5) is 49.3. The molecule has 2 saturated carbocycles. The molecule has 1 aromatic carbocycles. The Kier molecular flexibility index (Phi) is 7.48. The predicted molar refractivity (Wildman–Crippen MR) is 144 cm³/mol. The van der Waals surface area contributed by atoms with Crippen LogP contribution < -0.4 is 4.74 Å². The molecule has 3 heterocycles. The van der Waals surface area contributed by atoms with E-state index < -0.39 is 18.1 Å². The number of nitrogens with zero attached hydrogens (tertiary/aromatic N) is 5. The highest BCUT2D eigenvalue weighted by atomic mass is 19.4. The van der Waals surface area contributed by atoms with Crippen LogP contribution >= 0.6 is 0 Å². The average Bonchev–Trinajstić information content (AvgIpc) is 3.47. The van der Waals surface area contributed by atoms with Gasteiger partial charge in [-0.2, -0.15) is 18.3 Å². The van der Waals surface area contributed by atoms with Crippen molar-refractivity contribution in [2.75, 3.05) is 0 Å². The second kappa shape index (κ2) is 11.1. The molecule has 3 aromatic rings. The van der Waals surface area contributed by atoms with Crippen LogP contribution in [0.2, 0.25) is 0 Å². The molecule has 0 bridgehead atoms. The van der Waals surface area contributed by atoms with Crippen molar-refractivity contribution in [3.8, 4) is 5.75 Å². The number of likely N-dealkylation sites (tertiary alicyclic amines) is 1. The topological polar surface area (TPSA) is 107 Å². The first-order chi connectivity index (χ1) is 20.1. The number of ether oxygens (including phenoxy) is 1. The van der Waals surface area contributed by atoms with Gasteiger partial charge in [0.05, 0.1) is 17.5 Å². The Morgan fingerprint density at radius 2 is 1.86 bits per heavy atom. The van der Waals surface area contributed by atoms with Crippen molar-refractivity contribution < 1.29 is 32.3 Å². The van der Waals surface area contributed by atoms with Gasteiger partial charge >= 0.3 is 6.18 Å². The number of fused-ring (bicyclic) bond motifs is 2. The van der Waals surface area contributed by atoms with Gasteiger partial charge in [-0.15, -0.1) is 0 Å². The number of piperidine rings is 1. The maximum atomic E-state index is 13.6. The Morgan fingerprint density at radius 3 is 2.60 bits per heavy atom. The Balaban J connectivity index is 1.16. The number of ketones is 2. The summed E-state index contributed by atoms with van der Waals surface area (Å²) < 4.78 is 47.2. The molecule has 3 fully saturated rings. The van der Waals surface area contributed by atoms with E-state index in [1.807, 2.05) is 0 Å². The van der Waals surface area contributed by atoms with Crippen molar-refractivity contribution in [1.82, 2.24) is 24.6 Å². The number of hydrogen-bond acceptors (Lipinski definition) is 7. The van der Waals surface area contributed by atoms with Gasteiger partial charge in [0.25, 0.3) is 0 Å². The minimum Gasteiger partial charge on any atom is -0.486 e. The summed E-state index contributed by atoms with van der Waals surface area (Å²) in [6.45, 7) is 1.38. The third-order valence-corrected chi connectivity index (χ3v) is 8.83. The van der Waals surface area contributed by atoms with Crippen LogP contribution in [0.3, 0.4) is 0 Å². The summed E-state index contributed by atoms with van der Waals surface area (Å²) in [7, 11) is 0. The number of halogens is 3. The van der Waals surface area contributed by atoms with Crippen molar-refractivity contribution in [3.05, 3.63) is 48.2 Å². The molecule has 0 radical (unpaired) electrons. The average molecular weight is 584 g/mol. The van der Waals surface area contributed by atoms with E-state index in [0.717, 1.165) is 6.42 Å². The Hall–Kier alpha value is -3.83. The lowest BCUT2D eigenvalue weighted by Crippen LogP contribution is -2.45. The van der Waals surface area contributed by atoms with Gasteiger partial charge in [-0.25, -0.2) is 9.97 Å². The van der Waals surface area contributed by atoms with Crippen molar-refractivity contribution in [3.63, 3.8) is 0 Å². The van der Waals surface area contributed by atoms with Gasteiger partial charge in [-0.3, -0.25) is 19.1 Å². The van der Waals surface area contributed by atoms with Crippen molar-refractivity contribution in [1.29, 1.82) is 0 Å². The molecule has 9 nitrogen and oxygen atoms in total. The fourth-order valence-electron chi connectivity index (χ4n) is 6.69. The van der Waals surface area contributed by atoms with Gasteiger partial charge in [0.1, 0.15) is 24.6 Å². The summed E-state index contributed by atoms with van der Waals surface area (Å²) in [6, 6.07) is 6.19. The van der Waals surface area contributed by atoms with Crippen LogP contribution in [0.4, 0.5) is 13.2 Å². The highest BCUT2D eigenvalue weighted by Crippen LogP contribution is 2.49. The molecule has 42 heavy (non-hydrogen) atoms. The van der Waals surface area contributed by atoms with Crippen molar-refractivity contribution in [2.24, 2.45) is 17.8 Å². The Bertz CT molecular complexity index is 1510. The number of carbonyl (C=O) groups is 3. The number of benzene rings is 1.